The zero-order chi connectivity index (χ0) is 20.4. The summed E-state index contributed by atoms with van der Waals surface area (Å²) in [5.74, 6) is 0.495. The molecule has 0 spiro atoms. The molecule has 1 aliphatic carbocycles. The van der Waals surface area contributed by atoms with Gasteiger partial charge >= 0.3 is 12.1 Å². The molecule has 0 aliphatic heterocycles. The van der Waals surface area contributed by atoms with Gasteiger partial charge in [-0.05, 0) is 39.2 Å². The van der Waals surface area contributed by atoms with Crippen LogP contribution in [0.2, 0.25) is 0 Å². The second-order valence-corrected chi connectivity index (χ2v) is 6.99. The van der Waals surface area contributed by atoms with E-state index in [-0.39, 0.29) is 0 Å². The van der Waals surface area contributed by atoms with Crippen molar-refractivity contribution in [2.75, 3.05) is 7.11 Å². The summed E-state index contributed by atoms with van der Waals surface area (Å²) in [6.45, 7) is 9.35. The van der Waals surface area contributed by atoms with Gasteiger partial charge in [-0.3, -0.25) is 0 Å². The van der Waals surface area contributed by atoms with Crippen LogP contribution in [-0.4, -0.2) is 19.2 Å². The third-order valence-electron chi connectivity index (χ3n) is 4.92. The Bertz CT molecular complexity index is 1010. The number of benzene rings is 2. The van der Waals surface area contributed by atoms with E-state index in [1.54, 1.807) is 6.92 Å². The van der Waals surface area contributed by atoms with Crippen LogP contribution < -0.4 is 9.47 Å². The molecule has 28 heavy (non-hydrogen) atoms. The number of hydrogen-bond donors (Lipinski definition) is 0. The van der Waals surface area contributed by atoms with Crippen LogP contribution in [0.15, 0.2) is 42.0 Å². The van der Waals surface area contributed by atoms with E-state index in [9.17, 15) is 9.59 Å². The first-order chi connectivity index (χ1) is 13.3. The Morgan fingerprint density at radius 2 is 1.82 bits per heavy atom. The quantitative estimate of drug-likeness (QED) is 0.240. The third-order valence-corrected chi connectivity index (χ3v) is 4.92. The van der Waals surface area contributed by atoms with Crippen molar-refractivity contribution in [3.63, 3.8) is 0 Å². The Balaban J connectivity index is 2.32. The number of esters is 1. The van der Waals surface area contributed by atoms with Gasteiger partial charge in [-0.1, -0.05) is 42.8 Å². The summed E-state index contributed by atoms with van der Waals surface area (Å²) in [5.41, 5.74) is 4.27. The van der Waals surface area contributed by atoms with Crippen LogP contribution in [0, 0.1) is 6.92 Å². The van der Waals surface area contributed by atoms with Crippen molar-refractivity contribution >= 4 is 22.9 Å². The van der Waals surface area contributed by atoms with Gasteiger partial charge in [-0.25, -0.2) is 9.59 Å². The van der Waals surface area contributed by atoms with Gasteiger partial charge in [0, 0.05) is 27.5 Å². The van der Waals surface area contributed by atoms with Gasteiger partial charge < -0.3 is 14.2 Å². The first kappa shape index (κ1) is 19.7. The fraction of sp³-hybridized carbons (Fsp3) is 0.304. The molecular weight excluding hydrogens is 356 g/mol. The molecule has 0 radical (unpaired) electrons. The van der Waals surface area contributed by atoms with E-state index in [4.69, 9.17) is 14.2 Å². The van der Waals surface area contributed by atoms with Crippen LogP contribution in [0.3, 0.4) is 0 Å². The van der Waals surface area contributed by atoms with Gasteiger partial charge in [0.25, 0.3) is 0 Å². The number of hydrogen-bond acceptors (Lipinski definition) is 5. The normalized spacial score (nSPS) is 12.8. The molecule has 0 N–H and O–H groups in total. The van der Waals surface area contributed by atoms with E-state index < -0.39 is 12.1 Å². The predicted octanol–water partition coefficient (Wildman–Crippen LogP) is 5.21. The topological polar surface area (TPSA) is 61.8 Å². The molecule has 0 saturated heterocycles. The summed E-state index contributed by atoms with van der Waals surface area (Å²) in [7, 11) is 1.28. The molecule has 0 atom stereocenters. The van der Waals surface area contributed by atoms with Gasteiger partial charge in [0.1, 0.15) is 11.5 Å². The number of fused-ring (bicyclic) bond motifs is 2. The highest BCUT2D eigenvalue weighted by Gasteiger charge is 2.27. The van der Waals surface area contributed by atoms with E-state index in [0.29, 0.717) is 35.3 Å². The Hall–Kier alpha value is -3.08. The summed E-state index contributed by atoms with van der Waals surface area (Å²) in [5, 5.41) is 1.43. The van der Waals surface area contributed by atoms with Crippen molar-refractivity contribution in [2.24, 2.45) is 0 Å². The number of allylic oxidation sites excluding steroid dienone is 2. The van der Waals surface area contributed by atoms with Crippen molar-refractivity contribution in [1.29, 1.82) is 0 Å². The summed E-state index contributed by atoms with van der Waals surface area (Å²) in [6.07, 6.45) is 3.48. The van der Waals surface area contributed by atoms with Gasteiger partial charge in [-0.15, -0.1) is 0 Å². The predicted molar refractivity (Wildman–Crippen MR) is 108 cm³/mol. The summed E-state index contributed by atoms with van der Waals surface area (Å²) in [6, 6.07) is 5.75. The number of methoxy groups -OCH3 is 1. The fourth-order valence-electron chi connectivity index (χ4n) is 3.40. The molecule has 5 nitrogen and oxygen atoms in total. The molecule has 146 valence electrons. The number of ether oxygens (including phenoxy) is 3. The smallest absolute Gasteiger partial charge is 0.437 e. The number of carbonyl (C=O) groups excluding carboxylic acids is 2. The molecule has 0 aromatic heterocycles. The van der Waals surface area contributed by atoms with Crippen molar-refractivity contribution < 1.29 is 23.8 Å². The van der Waals surface area contributed by atoms with E-state index in [2.05, 4.69) is 19.6 Å². The fourth-order valence-corrected chi connectivity index (χ4v) is 3.40. The van der Waals surface area contributed by atoms with Crippen LogP contribution >= 0.6 is 0 Å². The summed E-state index contributed by atoms with van der Waals surface area (Å²) >= 11 is 0. The standard InChI is InChI=1S/C23H24O5/c1-6-15-8-10-17-19(12-15)20(27-22(24)13(2)3)16-9-7-14(4)11-18(16)21(17)28-23(25)26-5/h7-9,11H,2,6,10,12H2,1,3-5H3. The number of carbonyl (C=O) groups is 2. The molecule has 0 fully saturated rings. The highest BCUT2D eigenvalue weighted by Crippen LogP contribution is 2.45. The zero-order valence-electron chi connectivity index (χ0n) is 16.7. The molecule has 1 aliphatic rings. The first-order valence-electron chi connectivity index (χ1n) is 9.25. The lowest BCUT2D eigenvalue weighted by molar-refractivity contribution is -0.130. The number of aryl methyl sites for hydroxylation is 1. The molecule has 2 aromatic rings. The lowest BCUT2D eigenvalue weighted by atomic mass is 9.86. The molecule has 2 aromatic carbocycles. The molecule has 0 saturated carbocycles. The van der Waals surface area contributed by atoms with E-state index in [1.807, 2.05) is 25.1 Å². The van der Waals surface area contributed by atoms with E-state index >= 15 is 0 Å². The van der Waals surface area contributed by atoms with Gasteiger partial charge in [-0.2, -0.15) is 0 Å². The van der Waals surface area contributed by atoms with Gasteiger partial charge in [0.05, 0.1) is 7.11 Å². The van der Waals surface area contributed by atoms with Crippen LogP contribution in [0.25, 0.3) is 10.8 Å². The molecule has 0 heterocycles. The maximum atomic E-state index is 12.3. The van der Waals surface area contributed by atoms with Crippen LogP contribution in [0.1, 0.15) is 37.0 Å². The van der Waals surface area contributed by atoms with Crippen LogP contribution in [0.4, 0.5) is 4.79 Å². The van der Waals surface area contributed by atoms with E-state index in [0.717, 1.165) is 28.5 Å². The summed E-state index contributed by atoms with van der Waals surface area (Å²) < 4.78 is 16.0. The third kappa shape index (κ3) is 3.65. The summed E-state index contributed by atoms with van der Waals surface area (Å²) in [4.78, 5) is 24.2. The van der Waals surface area contributed by atoms with Gasteiger partial charge in [0.2, 0.25) is 0 Å². The van der Waals surface area contributed by atoms with Gasteiger partial charge in [0.15, 0.2) is 0 Å². The Kier molecular flexibility index (Phi) is 5.54. The van der Waals surface area contributed by atoms with Crippen molar-refractivity contribution in [3.8, 4) is 11.5 Å². The Labute approximate surface area is 164 Å². The average Bonchev–Trinajstić information content (AvgIpc) is 2.69. The van der Waals surface area contributed by atoms with Crippen molar-refractivity contribution in [2.45, 2.75) is 40.0 Å². The molecule has 5 heteroatoms. The minimum absolute atomic E-state index is 0.325. The second kappa shape index (κ2) is 7.89. The van der Waals surface area contributed by atoms with Crippen LogP contribution in [0.5, 0.6) is 11.5 Å². The molecule has 0 unspecified atom stereocenters. The minimum Gasteiger partial charge on any atom is -0.437 e. The molecule has 0 amide bonds. The lowest BCUT2D eigenvalue weighted by Crippen LogP contribution is -2.16. The van der Waals surface area contributed by atoms with Crippen LogP contribution in [-0.2, 0) is 22.4 Å². The molecular formula is C23H24O5. The minimum atomic E-state index is -0.776. The van der Waals surface area contributed by atoms with E-state index in [1.165, 1.54) is 12.7 Å². The average molecular weight is 380 g/mol. The largest absolute Gasteiger partial charge is 0.513 e. The highest BCUT2D eigenvalue weighted by atomic mass is 16.7. The number of rotatable bonds is 4. The zero-order valence-corrected chi connectivity index (χ0v) is 16.7. The first-order valence-corrected chi connectivity index (χ1v) is 9.25. The SMILES string of the molecule is C=C(C)C(=O)Oc1c2c(c(OC(=O)OC)c3cc(C)ccc13)CC=C(CC)C2. The monoisotopic (exact) mass is 380 g/mol. The molecule has 0 bridgehead atoms. The Morgan fingerprint density at radius 1 is 1.11 bits per heavy atom. The highest BCUT2D eigenvalue weighted by molar-refractivity contribution is 6.00. The van der Waals surface area contributed by atoms with Crippen molar-refractivity contribution in [3.05, 3.63) is 58.7 Å². The Morgan fingerprint density at radius 3 is 2.46 bits per heavy atom. The van der Waals surface area contributed by atoms with Crippen molar-refractivity contribution in [1.82, 2.24) is 0 Å². The maximum absolute atomic E-state index is 12.3. The molecule has 3 rings (SSSR count). The second-order valence-electron chi connectivity index (χ2n) is 6.99. The maximum Gasteiger partial charge on any atom is 0.513 e. The lowest BCUT2D eigenvalue weighted by Gasteiger charge is -2.24.